The van der Waals surface area contributed by atoms with E-state index in [-0.39, 0.29) is 24.4 Å². The number of aromatic nitrogens is 1. The van der Waals surface area contributed by atoms with Crippen LogP contribution in [0, 0.1) is 0 Å². The number of thiazole rings is 1. The summed E-state index contributed by atoms with van der Waals surface area (Å²) in [5, 5.41) is 3.96. The van der Waals surface area contributed by atoms with Crippen molar-refractivity contribution in [1.29, 1.82) is 0 Å². The molecule has 0 spiro atoms. The highest BCUT2D eigenvalue weighted by atomic mass is 32.2. The van der Waals surface area contributed by atoms with Gasteiger partial charge in [-0.15, -0.1) is 11.3 Å². The maximum absolute atomic E-state index is 12.0. The molecule has 0 bridgehead atoms. The Morgan fingerprint density at radius 3 is 2.70 bits per heavy atom. The maximum atomic E-state index is 12.0. The number of amides is 1. The van der Waals surface area contributed by atoms with E-state index in [1.807, 2.05) is 24.3 Å². The second-order valence-electron chi connectivity index (χ2n) is 6.43. The van der Waals surface area contributed by atoms with E-state index < -0.39 is 5.97 Å². The molecule has 1 N–H and O–H groups in total. The number of para-hydroxylation sites is 1. The number of thioether (sulfide) groups is 1. The minimum atomic E-state index is -0.415. The van der Waals surface area contributed by atoms with Gasteiger partial charge in [0.15, 0.2) is 10.9 Å². The Morgan fingerprint density at radius 1 is 1.20 bits per heavy atom. The fourth-order valence-corrected chi connectivity index (χ4v) is 4.20. The van der Waals surface area contributed by atoms with Gasteiger partial charge in [0.25, 0.3) is 5.91 Å². The summed E-state index contributed by atoms with van der Waals surface area (Å²) in [5.74, 6) is 0.154. The predicted molar refractivity (Wildman–Crippen MR) is 119 cm³/mol. The molecule has 7 nitrogen and oxygen atoms in total. The summed E-state index contributed by atoms with van der Waals surface area (Å²) in [6.07, 6.45) is 1.37. The molecule has 9 heteroatoms. The highest BCUT2D eigenvalue weighted by Gasteiger charge is 2.08. The minimum absolute atomic E-state index is 0.145. The predicted octanol–water partition coefficient (Wildman–Crippen LogP) is 3.87. The van der Waals surface area contributed by atoms with Crippen LogP contribution in [0.4, 0.5) is 0 Å². The lowest BCUT2D eigenvalue weighted by Crippen LogP contribution is -2.19. The summed E-state index contributed by atoms with van der Waals surface area (Å²) < 4.78 is 12.3. The first kappa shape index (κ1) is 21.8. The molecule has 0 radical (unpaired) electrons. The quantitative estimate of drug-likeness (QED) is 0.234. The SMILES string of the molecule is CC(C)OC(=O)COc1ccc(C=NNC(=O)CSc2nc3ccccc3s2)cc1. The molecule has 0 saturated heterocycles. The summed E-state index contributed by atoms with van der Waals surface area (Å²) in [4.78, 5) is 27.9. The van der Waals surface area contributed by atoms with Crippen LogP contribution in [0.15, 0.2) is 58.0 Å². The molecule has 156 valence electrons. The highest BCUT2D eigenvalue weighted by Crippen LogP contribution is 2.28. The molecule has 0 fully saturated rings. The summed E-state index contributed by atoms with van der Waals surface area (Å²) >= 11 is 2.94. The Balaban J connectivity index is 1.40. The number of hydrazone groups is 1. The molecule has 0 aliphatic heterocycles. The van der Waals surface area contributed by atoms with E-state index in [1.165, 1.54) is 18.0 Å². The van der Waals surface area contributed by atoms with Crippen LogP contribution in [0.5, 0.6) is 5.75 Å². The van der Waals surface area contributed by atoms with Crippen molar-refractivity contribution in [3.05, 3.63) is 54.1 Å². The van der Waals surface area contributed by atoms with Gasteiger partial charge in [0.05, 0.1) is 28.3 Å². The number of nitrogens with one attached hydrogen (secondary N) is 1. The Hall–Kier alpha value is -2.91. The van der Waals surface area contributed by atoms with Crippen molar-refractivity contribution in [3.8, 4) is 5.75 Å². The van der Waals surface area contributed by atoms with Crippen molar-refractivity contribution in [2.45, 2.75) is 24.3 Å². The third kappa shape index (κ3) is 6.85. The molecule has 3 aromatic rings. The number of nitrogens with zero attached hydrogens (tertiary/aromatic N) is 2. The number of carbonyl (C=O) groups is 2. The van der Waals surface area contributed by atoms with E-state index in [0.717, 1.165) is 20.1 Å². The van der Waals surface area contributed by atoms with Gasteiger partial charge in [0.1, 0.15) is 5.75 Å². The Morgan fingerprint density at radius 2 is 1.97 bits per heavy atom. The molecule has 0 atom stereocenters. The van der Waals surface area contributed by atoms with Gasteiger partial charge in [-0.05, 0) is 55.8 Å². The molecule has 2 aromatic carbocycles. The van der Waals surface area contributed by atoms with E-state index in [9.17, 15) is 9.59 Å². The standard InChI is InChI=1S/C21H21N3O4S2/c1-14(2)28-20(26)12-27-16-9-7-15(8-10-16)11-22-24-19(25)13-29-21-23-17-5-3-4-6-18(17)30-21/h3-11,14H,12-13H2,1-2H3,(H,24,25). The summed E-state index contributed by atoms with van der Waals surface area (Å²) in [6, 6.07) is 14.9. The van der Waals surface area contributed by atoms with Crippen LogP contribution in [0.25, 0.3) is 10.2 Å². The van der Waals surface area contributed by atoms with Gasteiger partial charge in [-0.25, -0.2) is 15.2 Å². The lowest BCUT2D eigenvalue weighted by atomic mass is 10.2. The third-order valence-electron chi connectivity index (χ3n) is 3.61. The van der Waals surface area contributed by atoms with Gasteiger partial charge in [-0.2, -0.15) is 5.10 Å². The molecular weight excluding hydrogens is 422 g/mol. The van der Waals surface area contributed by atoms with E-state index in [1.54, 1.807) is 49.4 Å². The second kappa shape index (κ2) is 10.7. The van der Waals surface area contributed by atoms with Crippen LogP contribution in [0.3, 0.4) is 0 Å². The number of benzene rings is 2. The van der Waals surface area contributed by atoms with Crippen molar-refractivity contribution in [1.82, 2.24) is 10.4 Å². The van der Waals surface area contributed by atoms with Crippen molar-refractivity contribution in [2.24, 2.45) is 5.10 Å². The first-order chi connectivity index (χ1) is 14.5. The Labute approximate surface area is 182 Å². The van der Waals surface area contributed by atoms with Crippen molar-refractivity contribution >= 4 is 51.4 Å². The lowest BCUT2D eigenvalue weighted by Gasteiger charge is -2.09. The molecule has 1 aromatic heterocycles. The second-order valence-corrected chi connectivity index (χ2v) is 8.68. The average molecular weight is 444 g/mol. The molecule has 1 heterocycles. The molecule has 1 amide bonds. The van der Waals surface area contributed by atoms with Gasteiger partial charge in [0, 0.05) is 0 Å². The van der Waals surface area contributed by atoms with Crippen LogP contribution < -0.4 is 10.2 Å². The zero-order chi connectivity index (χ0) is 21.3. The van der Waals surface area contributed by atoms with Crippen LogP contribution in [-0.4, -0.2) is 41.5 Å². The first-order valence-corrected chi connectivity index (χ1v) is 11.0. The Kier molecular flexibility index (Phi) is 7.81. The largest absolute Gasteiger partial charge is 0.482 e. The van der Waals surface area contributed by atoms with Crippen LogP contribution in [-0.2, 0) is 14.3 Å². The molecule has 30 heavy (non-hydrogen) atoms. The first-order valence-electron chi connectivity index (χ1n) is 9.22. The molecule has 0 saturated carbocycles. The zero-order valence-corrected chi connectivity index (χ0v) is 18.2. The number of carbonyl (C=O) groups excluding carboxylic acids is 2. The van der Waals surface area contributed by atoms with Crippen LogP contribution in [0.2, 0.25) is 0 Å². The maximum Gasteiger partial charge on any atom is 0.344 e. The van der Waals surface area contributed by atoms with Crippen LogP contribution >= 0.6 is 23.1 Å². The molecule has 3 rings (SSSR count). The van der Waals surface area contributed by atoms with E-state index in [2.05, 4.69) is 15.5 Å². The van der Waals surface area contributed by atoms with Gasteiger partial charge >= 0.3 is 5.97 Å². The molecule has 0 aliphatic rings. The summed E-state index contributed by atoms with van der Waals surface area (Å²) in [6.45, 7) is 3.42. The van der Waals surface area contributed by atoms with Crippen molar-refractivity contribution < 1.29 is 19.1 Å². The summed E-state index contributed by atoms with van der Waals surface area (Å²) in [7, 11) is 0. The van der Waals surface area contributed by atoms with E-state index in [4.69, 9.17) is 9.47 Å². The number of fused-ring (bicyclic) bond motifs is 1. The van der Waals surface area contributed by atoms with Crippen molar-refractivity contribution in [2.75, 3.05) is 12.4 Å². The lowest BCUT2D eigenvalue weighted by molar-refractivity contribution is -0.149. The van der Waals surface area contributed by atoms with Gasteiger partial charge in [-0.1, -0.05) is 23.9 Å². The number of rotatable bonds is 9. The van der Waals surface area contributed by atoms with Gasteiger partial charge in [-0.3, -0.25) is 4.79 Å². The zero-order valence-electron chi connectivity index (χ0n) is 16.5. The number of hydrogen-bond acceptors (Lipinski definition) is 8. The molecular formula is C21H21N3O4S2. The molecule has 0 aliphatic carbocycles. The summed E-state index contributed by atoms with van der Waals surface area (Å²) in [5.41, 5.74) is 4.22. The smallest absolute Gasteiger partial charge is 0.344 e. The topological polar surface area (TPSA) is 89.9 Å². The fraction of sp³-hybridized carbons (Fsp3) is 0.238. The van der Waals surface area contributed by atoms with Crippen LogP contribution in [0.1, 0.15) is 19.4 Å². The number of ether oxygens (including phenoxy) is 2. The van der Waals surface area contributed by atoms with E-state index in [0.29, 0.717) is 5.75 Å². The number of hydrogen-bond donors (Lipinski definition) is 1. The molecule has 0 unspecified atom stereocenters. The Bertz CT molecular complexity index is 999. The number of esters is 1. The fourth-order valence-electron chi connectivity index (χ4n) is 2.34. The monoisotopic (exact) mass is 443 g/mol. The minimum Gasteiger partial charge on any atom is -0.482 e. The van der Waals surface area contributed by atoms with Gasteiger partial charge < -0.3 is 9.47 Å². The normalized spacial score (nSPS) is 11.2. The van der Waals surface area contributed by atoms with Gasteiger partial charge in [0.2, 0.25) is 0 Å². The third-order valence-corrected chi connectivity index (χ3v) is 5.79. The highest BCUT2D eigenvalue weighted by molar-refractivity contribution is 8.01. The van der Waals surface area contributed by atoms with Crippen molar-refractivity contribution in [3.63, 3.8) is 0 Å². The average Bonchev–Trinajstić information content (AvgIpc) is 3.14. The van der Waals surface area contributed by atoms with E-state index >= 15 is 0 Å².